The summed E-state index contributed by atoms with van der Waals surface area (Å²) in [5.41, 5.74) is 3.61. The minimum atomic E-state index is -0.954. The van der Waals surface area contributed by atoms with Crippen molar-refractivity contribution in [2.75, 3.05) is 6.61 Å². The number of fused-ring (bicyclic) bond motifs is 10. The highest BCUT2D eigenvalue weighted by molar-refractivity contribution is 6.41. The second-order valence-electron chi connectivity index (χ2n) is 9.55. The van der Waals surface area contributed by atoms with Gasteiger partial charge in [0.1, 0.15) is 0 Å². The highest BCUT2D eigenvalue weighted by Gasteiger charge is 2.45. The van der Waals surface area contributed by atoms with Crippen molar-refractivity contribution >= 4 is 67.4 Å². The van der Waals surface area contributed by atoms with Crippen LogP contribution in [0.1, 0.15) is 47.4 Å². The van der Waals surface area contributed by atoms with Gasteiger partial charge in [-0.05, 0) is 31.9 Å². The van der Waals surface area contributed by atoms with Crippen LogP contribution < -0.4 is 5.32 Å². The van der Waals surface area contributed by atoms with E-state index in [2.05, 4.69) is 21.4 Å². The Morgan fingerprint density at radius 1 is 0.923 bits per heavy atom. The number of rotatable bonds is 2. The number of aromatic nitrogens is 2. The first-order chi connectivity index (χ1) is 18.9. The van der Waals surface area contributed by atoms with Crippen LogP contribution in [-0.4, -0.2) is 51.3 Å². The maximum absolute atomic E-state index is 13.4. The molecule has 3 heterocycles. The molecule has 4 amide bonds. The van der Waals surface area contributed by atoms with Crippen LogP contribution in [0.25, 0.3) is 43.6 Å². The third kappa shape index (κ3) is 3.85. The Morgan fingerprint density at radius 2 is 1.46 bits per heavy atom. The summed E-state index contributed by atoms with van der Waals surface area (Å²) in [6, 6.07) is 15.5. The number of amides is 4. The van der Waals surface area contributed by atoms with E-state index in [-0.39, 0.29) is 23.6 Å². The van der Waals surface area contributed by atoms with Gasteiger partial charge in [-0.25, -0.2) is 4.79 Å². The van der Waals surface area contributed by atoms with E-state index in [0.717, 1.165) is 45.7 Å². The van der Waals surface area contributed by atoms with Crippen LogP contribution in [0.3, 0.4) is 0 Å². The molecule has 9 heteroatoms. The lowest BCUT2D eigenvalue weighted by molar-refractivity contribution is -0.119. The summed E-state index contributed by atoms with van der Waals surface area (Å²) in [7, 11) is 0. The summed E-state index contributed by atoms with van der Waals surface area (Å²) < 4.78 is 4.99. The number of hydrogen-bond acceptors (Lipinski definition) is 5. The van der Waals surface area contributed by atoms with Crippen molar-refractivity contribution in [2.24, 2.45) is 0 Å². The van der Waals surface area contributed by atoms with Gasteiger partial charge in [0.2, 0.25) is 5.91 Å². The van der Waals surface area contributed by atoms with Crippen LogP contribution in [0.4, 0.5) is 4.79 Å². The molecule has 1 atom stereocenters. The Kier molecular flexibility index (Phi) is 5.91. The molecule has 0 fully saturated rings. The van der Waals surface area contributed by atoms with E-state index >= 15 is 0 Å². The zero-order chi connectivity index (χ0) is 27.3. The lowest BCUT2D eigenvalue weighted by Gasteiger charge is -2.10. The number of carbonyl (C=O) groups is 4. The Labute approximate surface area is 222 Å². The molecule has 2 aliphatic rings. The fourth-order valence-electron chi connectivity index (χ4n) is 5.54. The van der Waals surface area contributed by atoms with Crippen LogP contribution in [-0.2, 0) is 9.53 Å². The number of imide groups is 3. The van der Waals surface area contributed by atoms with Gasteiger partial charge in [-0.3, -0.25) is 14.4 Å². The maximum atomic E-state index is 13.4. The molecule has 1 aliphatic carbocycles. The van der Waals surface area contributed by atoms with E-state index in [4.69, 9.17) is 4.74 Å². The summed E-state index contributed by atoms with van der Waals surface area (Å²) in [4.78, 5) is 57.0. The van der Waals surface area contributed by atoms with Gasteiger partial charge in [0.05, 0.1) is 28.8 Å². The largest absolute Gasteiger partial charge is 0.449 e. The average Bonchev–Trinajstić information content (AvgIpc) is 3.68. The summed E-state index contributed by atoms with van der Waals surface area (Å²) >= 11 is 0. The molecular weight excluding hydrogens is 496 g/mol. The predicted molar refractivity (Wildman–Crippen MR) is 149 cm³/mol. The molecule has 2 aromatic heterocycles. The fourth-order valence-corrected chi connectivity index (χ4v) is 5.54. The number of para-hydroxylation sites is 2. The number of ether oxygens (including phenoxy) is 1. The highest BCUT2D eigenvalue weighted by atomic mass is 16.6. The molecule has 9 nitrogen and oxygen atoms in total. The molecule has 5 aromatic rings. The van der Waals surface area contributed by atoms with Crippen LogP contribution >= 0.6 is 0 Å². The Morgan fingerprint density at radius 3 is 1.92 bits per heavy atom. The molecule has 39 heavy (non-hydrogen) atoms. The molecule has 0 bridgehead atoms. The normalized spacial score (nSPS) is 16.3. The zero-order valence-electron chi connectivity index (χ0n) is 21.5. The molecule has 7 rings (SSSR count). The topological polar surface area (TPSA) is 124 Å². The number of nitrogens with one attached hydrogen (secondary N) is 3. The SMILES string of the molecule is CC(=O)NC1C=CCC1.CCOC(=O)N1C(=O)c2c(c3c4ccccc4[nH]c3c3[nH]c4ccccc4c23)C1=O. The van der Waals surface area contributed by atoms with Crippen molar-refractivity contribution in [2.45, 2.75) is 32.7 Å². The average molecular weight is 523 g/mol. The van der Waals surface area contributed by atoms with Gasteiger partial charge in [-0.2, -0.15) is 4.90 Å². The Bertz CT molecular complexity index is 1750. The van der Waals surface area contributed by atoms with Crippen LogP contribution in [0.2, 0.25) is 0 Å². The molecule has 0 spiro atoms. The molecule has 196 valence electrons. The van der Waals surface area contributed by atoms with Crippen molar-refractivity contribution < 1.29 is 23.9 Å². The number of nitrogens with zero attached hydrogens (tertiary/aromatic N) is 1. The van der Waals surface area contributed by atoms with Crippen molar-refractivity contribution in [1.29, 1.82) is 0 Å². The second kappa shape index (κ2) is 9.43. The molecule has 0 saturated heterocycles. The lowest BCUT2D eigenvalue weighted by Crippen LogP contribution is -2.36. The first-order valence-electron chi connectivity index (χ1n) is 12.9. The van der Waals surface area contributed by atoms with Gasteiger partial charge < -0.3 is 20.0 Å². The van der Waals surface area contributed by atoms with E-state index in [0.29, 0.717) is 21.7 Å². The van der Waals surface area contributed by atoms with Crippen molar-refractivity contribution in [3.8, 4) is 0 Å². The van der Waals surface area contributed by atoms with Crippen LogP contribution in [0.15, 0.2) is 60.7 Å². The van der Waals surface area contributed by atoms with Crippen molar-refractivity contribution in [3.05, 3.63) is 71.8 Å². The first kappa shape index (κ1) is 24.4. The fraction of sp³-hybridized carbons (Fsp3) is 0.200. The number of H-pyrrole nitrogens is 2. The molecule has 1 unspecified atom stereocenters. The van der Waals surface area contributed by atoms with E-state index in [1.165, 1.54) is 0 Å². The smallest absolute Gasteiger partial charge is 0.424 e. The van der Waals surface area contributed by atoms with Gasteiger partial charge in [0.15, 0.2) is 0 Å². The second-order valence-corrected chi connectivity index (χ2v) is 9.55. The summed E-state index contributed by atoms with van der Waals surface area (Å²) in [5, 5.41) is 5.71. The summed E-state index contributed by atoms with van der Waals surface area (Å²) in [5.74, 6) is -1.25. The number of carbonyl (C=O) groups excluding carboxylic acids is 4. The monoisotopic (exact) mass is 522 g/mol. The molecular formula is C30H26N4O5. The third-order valence-electron chi connectivity index (χ3n) is 7.10. The molecule has 0 saturated carbocycles. The number of hydrogen-bond donors (Lipinski definition) is 3. The van der Waals surface area contributed by atoms with Gasteiger partial charge >= 0.3 is 6.09 Å². The van der Waals surface area contributed by atoms with Gasteiger partial charge in [-0.1, -0.05) is 48.6 Å². The van der Waals surface area contributed by atoms with Crippen molar-refractivity contribution in [3.63, 3.8) is 0 Å². The lowest BCUT2D eigenvalue weighted by atomic mass is 9.97. The van der Waals surface area contributed by atoms with E-state index in [9.17, 15) is 19.2 Å². The van der Waals surface area contributed by atoms with E-state index < -0.39 is 17.9 Å². The minimum Gasteiger partial charge on any atom is -0.449 e. The Balaban J connectivity index is 0.000000263. The van der Waals surface area contributed by atoms with Gasteiger partial charge in [-0.15, -0.1) is 0 Å². The number of aromatic amines is 2. The maximum Gasteiger partial charge on any atom is 0.424 e. The van der Waals surface area contributed by atoms with Crippen LogP contribution in [0.5, 0.6) is 0 Å². The minimum absolute atomic E-state index is 0.0616. The molecule has 3 N–H and O–H groups in total. The quantitative estimate of drug-likeness (QED) is 0.207. The van der Waals surface area contributed by atoms with Gasteiger partial charge in [0.25, 0.3) is 11.8 Å². The van der Waals surface area contributed by atoms with Crippen LogP contribution in [0, 0.1) is 0 Å². The summed E-state index contributed by atoms with van der Waals surface area (Å²) in [6.07, 6.45) is 5.36. The zero-order valence-corrected chi connectivity index (χ0v) is 21.5. The van der Waals surface area contributed by atoms with Crippen molar-refractivity contribution in [1.82, 2.24) is 20.2 Å². The van der Waals surface area contributed by atoms with Gasteiger partial charge in [0, 0.05) is 45.5 Å². The predicted octanol–water partition coefficient (Wildman–Crippen LogP) is 5.55. The molecule has 0 radical (unpaired) electrons. The Hall–Kier alpha value is -4.92. The third-order valence-corrected chi connectivity index (χ3v) is 7.10. The molecule has 3 aromatic carbocycles. The molecule has 1 aliphatic heterocycles. The first-order valence-corrected chi connectivity index (χ1v) is 12.9. The number of benzene rings is 3. The highest BCUT2D eigenvalue weighted by Crippen LogP contribution is 2.43. The van der Waals surface area contributed by atoms with E-state index in [1.807, 2.05) is 54.6 Å². The standard InChI is InChI=1S/C23H15N3O4.C7H11NO/c1-2-30-23(29)26-21(27)17-15-11-7-3-5-9-13(11)24-19(15)20-16(18(17)22(26)28)12-8-4-6-10-14(12)25-20;1-6(9)8-7-4-2-3-5-7/h3-10,24-25H,2H2,1H3;2,4,7H,3,5H2,1H3,(H,8,9). The summed E-state index contributed by atoms with van der Waals surface area (Å²) in [6.45, 7) is 3.25. The number of allylic oxidation sites excluding steroid dienone is 1. The van der Waals surface area contributed by atoms with E-state index in [1.54, 1.807) is 13.8 Å².